The molecule has 0 aliphatic carbocycles. The van der Waals surface area contributed by atoms with Crippen molar-refractivity contribution < 1.29 is 14.3 Å². The van der Waals surface area contributed by atoms with Gasteiger partial charge in [0, 0.05) is 12.6 Å². The molecule has 0 unspecified atom stereocenters. The van der Waals surface area contributed by atoms with Crippen LogP contribution in [0.15, 0.2) is 91.0 Å². The van der Waals surface area contributed by atoms with E-state index in [2.05, 4.69) is 10.6 Å². The maximum absolute atomic E-state index is 12.0. The fraction of sp³-hybridized carbons (Fsp3) is 0.120. The van der Waals surface area contributed by atoms with E-state index >= 15 is 0 Å². The second-order valence-electron chi connectivity index (χ2n) is 6.66. The molecule has 0 atom stereocenters. The molecule has 3 aromatic carbocycles. The van der Waals surface area contributed by atoms with E-state index < -0.39 is 0 Å². The molecular weight excluding hydrogens is 376 g/mol. The largest absolute Gasteiger partial charge is 0.489 e. The van der Waals surface area contributed by atoms with Crippen molar-refractivity contribution in [2.75, 3.05) is 6.54 Å². The third-order valence-corrected chi connectivity index (χ3v) is 4.31. The summed E-state index contributed by atoms with van der Waals surface area (Å²) in [5.74, 6) is 0.277. The van der Waals surface area contributed by atoms with Crippen molar-refractivity contribution in [1.29, 1.82) is 0 Å². The molecule has 0 radical (unpaired) electrons. The highest BCUT2D eigenvalue weighted by atomic mass is 16.5. The lowest BCUT2D eigenvalue weighted by Crippen LogP contribution is -2.35. The van der Waals surface area contributed by atoms with Crippen molar-refractivity contribution in [3.8, 4) is 5.75 Å². The van der Waals surface area contributed by atoms with Crippen LogP contribution >= 0.6 is 0 Å². The van der Waals surface area contributed by atoms with E-state index in [9.17, 15) is 9.59 Å². The Hall–Kier alpha value is -3.86. The second kappa shape index (κ2) is 11.2. The zero-order chi connectivity index (χ0) is 21.0. The average molecular weight is 400 g/mol. The predicted octanol–water partition coefficient (Wildman–Crippen LogP) is 3.71. The van der Waals surface area contributed by atoms with Crippen molar-refractivity contribution in [3.63, 3.8) is 0 Å². The van der Waals surface area contributed by atoms with Crippen molar-refractivity contribution >= 4 is 17.9 Å². The first-order valence-electron chi connectivity index (χ1n) is 9.72. The van der Waals surface area contributed by atoms with E-state index in [1.807, 2.05) is 84.9 Å². The molecule has 0 aliphatic rings. The summed E-state index contributed by atoms with van der Waals surface area (Å²) in [7, 11) is 0. The number of carbonyl (C=O) groups excluding carboxylic acids is 2. The van der Waals surface area contributed by atoms with Crippen LogP contribution in [0.4, 0.5) is 0 Å². The Bertz CT molecular complexity index is 968. The van der Waals surface area contributed by atoms with Crippen LogP contribution in [0.5, 0.6) is 5.75 Å². The van der Waals surface area contributed by atoms with Gasteiger partial charge in [0.05, 0.1) is 6.54 Å². The van der Waals surface area contributed by atoms with Gasteiger partial charge in [-0.05, 0) is 34.9 Å². The van der Waals surface area contributed by atoms with Gasteiger partial charge in [0.25, 0.3) is 0 Å². The molecule has 0 saturated heterocycles. The summed E-state index contributed by atoms with van der Waals surface area (Å²) in [5, 5.41) is 5.37. The molecule has 0 heterocycles. The first-order valence-corrected chi connectivity index (χ1v) is 9.72. The molecular formula is C25H24N2O3. The summed E-state index contributed by atoms with van der Waals surface area (Å²) in [5.41, 5.74) is 2.95. The number of rotatable bonds is 9. The Kier molecular flexibility index (Phi) is 7.80. The number of amides is 2. The van der Waals surface area contributed by atoms with Crippen LogP contribution in [-0.2, 0) is 22.7 Å². The molecule has 30 heavy (non-hydrogen) atoms. The highest BCUT2D eigenvalue weighted by molar-refractivity contribution is 5.94. The maximum Gasteiger partial charge on any atom is 0.244 e. The fourth-order valence-corrected chi connectivity index (χ4v) is 2.66. The summed E-state index contributed by atoms with van der Waals surface area (Å²) in [6.45, 7) is 0.814. The molecule has 0 fully saturated rings. The van der Waals surface area contributed by atoms with Gasteiger partial charge < -0.3 is 15.4 Å². The standard InChI is InChI=1S/C25H24N2O3/c28-24(16-15-20-7-3-1-4-8-20)27-18-25(29)26-17-21-11-13-22(14-12-21)19-30-23-9-5-2-6-10-23/h1-16H,17-19H2,(H,26,29)(H,27,28)/b16-15+. The lowest BCUT2D eigenvalue weighted by atomic mass is 10.1. The first kappa shape index (κ1) is 20.9. The zero-order valence-corrected chi connectivity index (χ0v) is 16.6. The summed E-state index contributed by atoms with van der Waals surface area (Å²) < 4.78 is 5.72. The van der Waals surface area contributed by atoms with E-state index in [0.717, 1.165) is 22.4 Å². The number of hydrogen-bond donors (Lipinski definition) is 2. The third kappa shape index (κ3) is 7.28. The topological polar surface area (TPSA) is 67.4 Å². The lowest BCUT2D eigenvalue weighted by Gasteiger charge is -2.08. The highest BCUT2D eigenvalue weighted by Gasteiger charge is 2.04. The van der Waals surface area contributed by atoms with Crippen LogP contribution in [0.1, 0.15) is 16.7 Å². The van der Waals surface area contributed by atoms with Gasteiger partial charge in [-0.3, -0.25) is 9.59 Å². The summed E-state index contributed by atoms with van der Waals surface area (Å²) in [6, 6.07) is 27.0. The van der Waals surface area contributed by atoms with Crippen LogP contribution < -0.4 is 15.4 Å². The molecule has 2 N–H and O–H groups in total. The van der Waals surface area contributed by atoms with Crippen LogP contribution in [0.2, 0.25) is 0 Å². The van der Waals surface area contributed by atoms with Crippen LogP contribution in [0.25, 0.3) is 6.08 Å². The maximum atomic E-state index is 12.0. The number of hydrogen-bond acceptors (Lipinski definition) is 3. The number of benzene rings is 3. The van der Waals surface area contributed by atoms with Crippen molar-refractivity contribution in [1.82, 2.24) is 10.6 Å². The number of carbonyl (C=O) groups is 2. The Morgan fingerprint density at radius 1 is 0.767 bits per heavy atom. The van der Waals surface area contributed by atoms with Crippen LogP contribution in [0.3, 0.4) is 0 Å². The Labute approximate surface area is 176 Å². The van der Waals surface area contributed by atoms with E-state index in [4.69, 9.17) is 4.74 Å². The first-order chi connectivity index (χ1) is 14.7. The molecule has 152 valence electrons. The molecule has 0 aliphatic heterocycles. The molecule has 3 rings (SSSR count). The number of para-hydroxylation sites is 1. The van der Waals surface area contributed by atoms with Crippen molar-refractivity contribution in [2.24, 2.45) is 0 Å². The SMILES string of the molecule is O=C(/C=C/c1ccccc1)NCC(=O)NCc1ccc(COc2ccccc2)cc1. The minimum atomic E-state index is -0.309. The minimum absolute atomic E-state index is 0.0685. The normalized spacial score (nSPS) is 10.5. The monoisotopic (exact) mass is 400 g/mol. The van der Waals surface area contributed by atoms with Gasteiger partial charge in [-0.2, -0.15) is 0 Å². The lowest BCUT2D eigenvalue weighted by molar-refractivity contribution is -0.124. The zero-order valence-electron chi connectivity index (χ0n) is 16.6. The van der Waals surface area contributed by atoms with E-state index in [0.29, 0.717) is 13.2 Å². The minimum Gasteiger partial charge on any atom is -0.489 e. The van der Waals surface area contributed by atoms with Gasteiger partial charge >= 0.3 is 0 Å². The molecule has 0 aromatic heterocycles. The van der Waals surface area contributed by atoms with Gasteiger partial charge in [-0.1, -0.05) is 72.8 Å². The summed E-state index contributed by atoms with van der Waals surface area (Å²) in [6.07, 6.45) is 3.12. The molecule has 0 spiro atoms. The van der Waals surface area contributed by atoms with Gasteiger partial charge in [-0.25, -0.2) is 0 Å². The molecule has 0 bridgehead atoms. The second-order valence-corrected chi connectivity index (χ2v) is 6.66. The summed E-state index contributed by atoms with van der Waals surface area (Å²) >= 11 is 0. The Morgan fingerprint density at radius 3 is 2.10 bits per heavy atom. The Morgan fingerprint density at radius 2 is 1.40 bits per heavy atom. The predicted molar refractivity (Wildman–Crippen MR) is 118 cm³/mol. The van der Waals surface area contributed by atoms with Gasteiger partial charge in [0.15, 0.2) is 0 Å². The highest BCUT2D eigenvalue weighted by Crippen LogP contribution is 2.12. The number of nitrogens with one attached hydrogen (secondary N) is 2. The van der Waals surface area contributed by atoms with E-state index in [1.165, 1.54) is 6.08 Å². The fourth-order valence-electron chi connectivity index (χ4n) is 2.66. The molecule has 3 aromatic rings. The molecule has 0 saturated carbocycles. The van der Waals surface area contributed by atoms with E-state index in [1.54, 1.807) is 6.08 Å². The van der Waals surface area contributed by atoms with Crippen LogP contribution in [-0.4, -0.2) is 18.4 Å². The van der Waals surface area contributed by atoms with Gasteiger partial charge in [-0.15, -0.1) is 0 Å². The van der Waals surface area contributed by atoms with Crippen molar-refractivity contribution in [2.45, 2.75) is 13.2 Å². The smallest absolute Gasteiger partial charge is 0.244 e. The van der Waals surface area contributed by atoms with Gasteiger partial charge in [0.2, 0.25) is 11.8 Å². The van der Waals surface area contributed by atoms with Crippen molar-refractivity contribution in [3.05, 3.63) is 108 Å². The van der Waals surface area contributed by atoms with Gasteiger partial charge in [0.1, 0.15) is 12.4 Å². The molecule has 2 amide bonds. The number of ether oxygens (including phenoxy) is 1. The molecule has 5 heteroatoms. The third-order valence-electron chi connectivity index (χ3n) is 4.31. The van der Waals surface area contributed by atoms with E-state index in [-0.39, 0.29) is 18.4 Å². The average Bonchev–Trinajstić information content (AvgIpc) is 2.80. The quantitative estimate of drug-likeness (QED) is 0.538. The summed E-state index contributed by atoms with van der Waals surface area (Å²) in [4.78, 5) is 23.8. The molecule has 5 nitrogen and oxygen atoms in total. The Balaban J connectivity index is 1.36. The van der Waals surface area contributed by atoms with Crippen LogP contribution in [0, 0.1) is 0 Å².